The summed E-state index contributed by atoms with van der Waals surface area (Å²) < 4.78 is 33.2. The van der Waals surface area contributed by atoms with Crippen molar-refractivity contribution in [3.05, 3.63) is 96.8 Å². The van der Waals surface area contributed by atoms with E-state index in [4.69, 9.17) is 11.2 Å². The van der Waals surface area contributed by atoms with E-state index in [1.165, 1.54) is 31.2 Å². The Morgan fingerprint density at radius 2 is 1.34 bits per heavy atom. The second-order valence-corrected chi connectivity index (χ2v) is 14.2. The molecule has 3 aromatic rings. The zero-order chi connectivity index (χ0) is 21.1. The molecule has 0 aliphatic rings. The van der Waals surface area contributed by atoms with Crippen molar-refractivity contribution in [2.75, 3.05) is 0 Å². The fourth-order valence-electron chi connectivity index (χ4n) is 3.31. The Balaban J connectivity index is 2.52. The summed E-state index contributed by atoms with van der Waals surface area (Å²) in [5.74, 6) is -2.40. The Morgan fingerprint density at radius 1 is 0.862 bits per heavy atom. The van der Waals surface area contributed by atoms with Crippen LogP contribution >= 0.6 is 17.2 Å². The van der Waals surface area contributed by atoms with Crippen LogP contribution < -0.4 is 15.9 Å². The number of hydrogen-bond acceptors (Lipinski definition) is 3. The number of carbonyl (C=O) groups is 1. The van der Waals surface area contributed by atoms with Gasteiger partial charge in [0, 0.05) is 0 Å². The molecule has 0 radical (unpaired) electrons. The van der Waals surface area contributed by atoms with Crippen LogP contribution in [0.15, 0.2) is 102 Å². The molecular formula is C22H20ClO4PS. The predicted octanol–water partition coefficient (Wildman–Crippen LogP) is 4.02. The molecule has 0 bridgehead atoms. The predicted molar refractivity (Wildman–Crippen MR) is 121 cm³/mol. The van der Waals surface area contributed by atoms with Gasteiger partial charge in [-0.3, -0.25) is 0 Å². The quantitative estimate of drug-likeness (QED) is 0.352. The van der Waals surface area contributed by atoms with Gasteiger partial charge in [0.05, 0.1) is 0 Å². The van der Waals surface area contributed by atoms with Gasteiger partial charge in [0.15, 0.2) is 0 Å². The van der Waals surface area contributed by atoms with Gasteiger partial charge in [-0.2, -0.15) is 0 Å². The van der Waals surface area contributed by atoms with Gasteiger partial charge in [-0.15, -0.1) is 0 Å². The molecule has 0 amide bonds. The van der Waals surface area contributed by atoms with Crippen molar-refractivity contribution in [1.29, 1.82) is 0 Å². The van der Waals surface area contributed by atoms with Crippen molar-refractivity contribution in [2.45, 2.75) is 11.8 Å². The van der Waals surface area contributed by atoms with Crippen LogP contribution in [0.3, 0.4) is 0 Å². The molecule has 0 atom stereocenters. The Labute approximate surface area is 175 Å². The molecule has 0 fully saturated rings. The first-order valence-electron chi connectivity index (χ1n) is 8.79. The maximum absolute atomic E-state index is 11.9. The number of benzene rings is 3. The van der Waals surface area contributed by atoms with E-state index >= 15 is 0 Å². The maximum atomic E-state index is 11.9. The average molecular weight is 447 g/mol. The average Bonchev–Trinajstić information content (AvgIpc) is 2.73. The van der Waals surface area contributed by atoms with E-state index in [9.17, 15) is 17.8 Å². The second kappa shape index (κ2) is 7.85. The van der Waals surface area contributed by atoms with Crippen LogP contribution in [-0.2, 0) is 14.9 Å². The number of rotatable bonds is 6. The molecule has 150 valence electrons. The molecular weight excluding hydrogens is 427 g/mol. The van der Waals surface area contributed by atoms with Crippen molar-refractivity contribution in [2.24, 2.45) is 0 Å². The van der Waals surface area contributed by atoms with Crippen LogP contribution in [0.5, 0.6) is 0 Å². The van der Waals surface area contributed by atoms with Gasteiger partial charge < -0.3 is 0 Å². The Kier molecular flexibility index (Phi) is 5.79. The van der Waals surface area contributed by atoms with Crippen LogP contribution in [0.2, 0.25) is 0 Å². The second-order valence-electron chi connectivity index (χ2n) is 6.64. The van der Waals surface area contributed by atoms with E-state index in [0.717, 1.165) is 10.6 Å². The monoisotopic (exact) mass is 446 g/mol. The molecule has 3 aromatic carbocycles. The van der Waals surface area contributed by atoms with Gasteiger partial charge in [0.2, 0.25) is 0 Å². The summed E-state index contributed by atoms with van der Waals surface area (Å²) in [6, 6.07) is 24.5. The molecule has 0 aliphatic heterocycles. The van der Waals surface area contributed by atoms with Crippen LogP contribution in [0.4, 0.5) is 0 Å². The van der Waals surface area contributed by atoms with Gasteiger partial charge in [0.25, 0.3) is 0 Å². The molecule has 0 saturated heterocycles. The Hall–Kier alpha value is -2.30. The number of ketones is 1. The zero-order valence-corrected chi connectivity index (χ0v) is 18.1. The molecule has 0 aromatic heterocycles. The van der Waals surface area contributed by atoms with Gasteiger partial charge in [-0.1, -0.05) is 0 Å². The van der Waals surface area contributed by atoms with E-state index in [1.807, 2.05) is 60.7 Å². The third-order valence-electron chi connectivity index (χ3n) is 4.73. The number of hydrogen-bond donors (Lipinski definition) is 1. The fourth-order valence-corrected chi connectivity index (χ4v) is 9.26. The van der Waals surface area contributed by atoms with E-state index in [0.29, 0.717) is 5.30 Å². The van der Waals surface area contributed by atoms with E-state index in [2.05, 4.69) is 0 Å². The van der Waals surface area contributed by atoms with E-state index < -0.39 is 16.1 Å². The molecule has 0 saturated carbocycles. The third kappa shape index (κ3) is 3.92. The topological polar surface area (TPSA) is 71.4 Å². The summed E-state index contributed by atoms with van der Waals surface area (Å²) in [7, 11) is -4.44. The van der Waals surface area contributed by atoms with Crippen LogP contribution in [0.1, 0.15) is 6.92 Å². The number of carbonyl (C=O) groups excluding carboxylic acids is 1. The standard InChI is InChI=1S/C22H20ClO4PS/c1-18(24)15-16-28(23,19-9-4-2-5-10-19,20-11-6-3-7-12-20)21-13-8-14-22(17-21)29(25,26)27/h2-17H,1H3,(H,25,26,27)/b16-15-. The Morgan fingerprint density at radius 3 is 1.79 bits per heavy atom. The summed E-state index contributed by atoms with van der Waals surface area (Å²) in [5.41, 5.74) is 0. The van der Waals surface area contributed by atoms with Crippen molar-refractivity contribution in [3.8, 4) is 0 Å². The molecule has 1 N–H and O–H groups in total. The molecule has 4 nitrogen and oxygen atoms in total. The van der Waals surface area contributed by atoms with Crippen molar-refractivity contribution < 1.29 is 17.8 Å². The molecule has 0 heterocycles. The van der Waals surface area contributed by atoms with Crippen molar-refractivity contribution in [1.82, 2.24) is 0 Å². The normalized spacial score (nSPS) is 13.7. The molecule has 0 spiro atoms. The summed E-state index contributed by atoms with van der Waals surface area (Å²) in [6.07, 6.45) is 1.42. The molecule has 29 heavy (non-hydrogen) atoms. The summed E-state index contributed by atoms with van der Waals surface area (Å²) >= 11 is 7.66. The number of allylic oxidation sites excluding steroid dienone is 1. The Bertz CT molecular complexity index is 1140. The van der Waals surface area contributed by atoms with E-state index in [1.54, 1.807) is 11.9 Å². The van der Waals surface area contributed by atoms with Gasteiger partial charge in [-0.25, -0.2) is 0 Å². The summed E-state index contributed by atoms with van der Waals surface area (Å²) in [4.78, 5) is 11.6. The molecule has 0 aliphatic carbocycles. The van der Waals surface area contributed by atoms with E-state index in [-0.39, 0.29) is 10.7 Å². The van der Waals surface area contributed by atoms with Crippen LogP contribution in [0, 0.1) is 0 Å². The summed E-state index contributed by atoms with van der Waals surface area (Å²) in [5, 5.41) is 2.00. The molecule has 7 heteroatoms. The summed E-state index contributed by atoms with van der Waals surface area (Å²) in [6.45, 7) is 1.43. The van der Waals surface area contributed by atoms with Crippen molar-refractivity contribution in [3.63, 3.8) is 0 Å². The number of halogens is 1. The van der Waals surface area contributed by atoms with Gasteiger partial charge >= 0.3 is 175 Å². The first-order valence-corrected chi connectivity index (χ1v) is 13.4. The molecule has 0 unspecified atom stereocenters. The third-order valence-corrected chi connectivity index (χ3v) is 12.3. The van der Waals surface area contributed by atoms with Gasteiger partial charge in [0.1, 0.15) is 0 Å². The first-order chi connectivity index (χ1) is 13.7. The fraction of sp³-hybridized carbons (Fsp3) is 0.0455. The molecule has 3 rings (SSSR count). The zero-order valence-electron chi connectivity index (χ0n) is 15.6. The minimum absolute atomic E-state index is 0.183. The SMILES string of the molecule is CC(=O)/C=C\P(Cl)(c1ccccc1)(c1ccccc1)c1cccc(S(=O)(=O)O)c1. The van der Waals surface area contributed by atoms with Crippen LogP contribution in [-0.4, -0.2) is 18.8 Å². The first kappa shape index (κ1) is 21.4. The van der Waals surface area contributed by atoms with Crippen molar-refractivity contribution >= 4 is 49.0 Å². The minimum atomic E-state index is -4.44. The van der Waals surface area contributed by atoms with Gasteiger partial charge in [-0.05, 0) is 0 Å². The van der Waals surface area contributed by atoms with Crippen LogP contribution in [0.25, 0.3) is 0 Å².